The molecule has 0 unspecified atom stereocenters. The zero-order chi connectivity index (χ0) is 29.5. The van der Waals surface area contributed by atoms with Crippen molar-refractivity contribution in [3.63, 3.8) is 0 Å². The first-order chi connectivity index (χ1) is 21.0. The van der Waals surface area contributed by atoms with Crippen molar-refractivity contribution in [2.45, 2.75) is 40.5 Å². The lowest BCUT2D eigenvalue weighted by atomic mass is 9.94. The number of rotatable bonds is 7. The van der Waals surface area contributed by atoms with Gasteiger partial charge in [-0.2, -0.15) is 5.10 Å². The second kappa shape index (κ2) is 10.9. The zero-order valence-electron chi connectivity index (χ0n) is 25.0. The van der Waals surface area contributed by atoms with Crippen LogP contribution in [0.1, 0.15) is 35.6 Å². The summed E-state index contributed by atoms with van der Waals surface area (Å²) in [5.74, 6) is 2.41. The first kappa shape index (κ1) is 26.7. The summed E-state index contributed by atoms with van der Waals surface area (Å²) in [5.41, 5.74) is 10.6. The summed E-state index contributed by atoms with van der Waals surface area (Å²) in [6, 6.07) is 31.6. The highest BCUT2D eigenvalue weighted by atomic mass is 16.5. The molecular formula is C38H34N4O. The molecule has 3 aromatic heterocycles. The van der Waals surface area contributed by atoms with Gasteiger partial charge in [0, 0.05) is 40.9 Å². The minimum absolute atomic E-state index is 0.751. The molecular weight excluding hydrogens is 528 g/mol. The Bertz CT molecular complexity index is 2090. The molecule has 0 saturated heterocycles. The third-order valence-corrected chi connectivity index (χ3v) is 8.10. The van der Waals surface area contributed by atoms with E-state index in [1.165, 1.54) is 33.2 Å². The van der Waals surface area contributed by atoms with E-state index < -0.39 is 0 Å². The predicted octanol–water partition coefficient (Wildman–Crippen LogP) is 9.70. The summed E-state index contributed by atoms with van der Waals surface area (Å²) in [6.07, 6.45) is 8.17. The molecule has 0 aliphatic carbocycles. The molecule has 4 aromatic carbocycles. The minimum Gasteiger partial charge on any atom is -0.457 e. The average Bonchev–Trinajstić information content (AvgIpc) is 3.60. The number of benzene rings is 4. The van der Waals surface area contributed by atoms with Crippen LogP contribution in [0.5, 0.6) is 11.5 Å². The first-order valence-electron chi connectivity index (χ1n) is 14.9. The van der Waals surface area contributed by atoms with E-state index in [-0.39, 0.29) is 0 Å². The molecule has 0 amide bonds. The smallest absolute Gasteiger partial charge is 0.137 e. The highest BCUT2D eigenvalue weighted by molar-refractivity contribution is 6.09. The predicted molar refractivity (Wildman–Crippen MR) is 176 cm³/mol. The van der Waals surface area contributed by atoms with E-state index in [0.717, 1.165) is 57.8 Å². The molecule has 0 atom stereocenters. The quantitative estimate of drug-likeness (QED) is 0.194. The Labute approximate surface area is 252 Å². The summed E-state index contributed by atoms with van der Waals surface area (Å²) in [4.78, 5) is 4.70. The minimum atomic E-state index is 0.751. The van der Waals surface area contributed by atoms with Crippen LogP contribution in [0.25, 0.3) is 44.4 Å². The Morgan fingerprint density at radius 3 is 2.35 bits per heavy atom. The van der Waals surface area contributed by atoms with Crippen molar-refractivity contribution in [2.24, 2.45) is 0 Å². The van der Waals surface area contributed by atoms with Crippen LogP contribution in [0, 0.1) is 20.8 Å². The topological polar surface area (TPSA) is 44.9 Å². The molecule has 43 heavy (non-hydrogen) atoms. The third kappa shape index (κ3) is 4.97. The number of aromatic nitrogens is 4. The van der Waals surface area contributed by atoms with Gasteiger partial charge < -0.3 is 4.74 Å². The maximum absolute atomic E-state index is 6.45. The SMILES string of the molecule is CCCc1cc(C)c(-c2cnn(-c3cccc(Oc4ccc5c6ccccc6n(-c6cc(C)ccn6)c5c4)c3)c2)c(C)c1. The normalized spacial score (nSPS) is 11.4. The molecule has 0 spiro atoms. The number of fused-ring (bicyclic) bond motifs is 3. The highest BCUT2D eigenvalue weighted by Gasteiger charge is 2.15. The van der Waals surface area contributed by atoms with Crippen molar-refractivity contribution in [3.8, 4) is 34.1 Å². The summed E-state index contributed by atoms with van der Waals surface area (Å²) >= 11 is 0. The fraction of sp³-hybridized carbons (Fsp3) is 0.158. The number of para-hydroxylation sites is 1. The maximum Gasteiger partial charge on any atom is 0.137 e. The largest absolute Gasteiger partial charge is 0.457 e. The van der Waals surface area contributed by atoms with Crippen molar-refractivity contribution in [3.05, 3.63) is 132 Å². The van der Waals surface area contributed by atoms with E-state index in [4.69, 9.17) is 14.8 Å². The van der Waals surface area contributed by atoms with Gasteiger partial charge in [0.1, 0.15) is 17.3 Å². The second-order valence-electron chi connectivity index (χ2n) is 11.4. The van der Waals surface area contributed by atoms with Crippen LogP contribution in [0.15, 0.2) is 110 Å². The standard InChI is InChI=1S/C38H34N4O/c1-5-9-28-19-26(3)38(27(4)20-28)29-23-40-41(24-29)30-10-8-11-31(21-30)43-32-14-15-34-33-12-6-7-13-35(33)42(36(34)22-32)37-18-25(2)16-17-39-37/h6-8,10-24H,5,9H2,1-4H3. The van der Waals surface area contributed by atoms with Crippen LogP contribution in [-0.4, -0.2) is 19.3 Å². The van der Waals surface area contributed by atoms with Crippen LogP contribution in [0.2, 0.25) is 0 Å². The van der Waals surface area contributed by atoms with Crippen molar-refractivity contribution >= 4 is 21.8 Å². The molecule has 0 bridgehead atoms. The molecule has 0 radical (unpaired) electrons. The van der Waals surface area contributed by atoms with E-state index in [2.05, 4.69) is 99.1 Å². The zero-order valence-corrected chi connectivity index (χ0v) is 25.0. The average molecular weight is 563 g/mol. The second-order valence-corrected chi connectivity index (χ2v) is 11.4. The van der Waals surface area contributed by atoms with Crippen LogP contribution < -0.4 is 4.74 Å². The van der Waals surface area contributed by atoms with Gasteiger partial charge in [-0.15, -0.1) is 0 Å². The lowest BCUT2D eigenvalue weighted by molar-refractivity contribution is 0.483. The van der Waals surface area contributed by atoms with E-state index in [1.54, 1.807) is 0 Å². The first-order valence-corrected chi connectivity index (χ1v) is 14.9. The molecule has 0 fully saturated rings. The Hall–Kier alpha value is -5.16. The molecule has 5 nitrogen and oxygen atoms in total. The van der Waals surface area contributed by atoms with Gasteiger partial charge in [0.15, 0.2) is 0 Å². The number of aryl methyl sites for hydroxylation is 4. The van der Waals surface area contributed by atoms with E-state index in [1.807, 2.05) is 47.4 Å². The Morgan fingerprint density at radius 1 is 0.744 bits per heavy atom. The lowest BCUT2D eigenvalue weighted by Gasteiger charge is -2.11. The summed E-state index contributed by atoms with van der Waals surface area (Å²) in [5, 5.41) is 7.07. The van der Waals surface area contributed by atoms with Gasteiger partial charge >= 0.3 is 0 Å². The molecule has 0 N–H and O–H groups in total. The number of hydrogen-bond donors (Lipinski definition) is 0. The molecule has 7 aromatic rings. The van der Waals surface area contributed by atoms with Gasteiger partial charge in [0.25, 0.3) is 0 Å². The highest BCUT2D eigenvalue weighted by Crippen LogP contribution is 2.35. The van der Waals surface area contributed by atoms with Gasteiger partial charge in [-0.25, -0.2) is 9.67 Å². The Kier molecular flexibility index (Phi) is 6.78. The van der Waals surface area contributed by atoms with Crippen molar-refractivity contribution in [2.75, 3.05) is 0 Å². The molecule has 0 saturated carbocycles. The van der Waals surface area contributed by atoms with Crippen molar-refractivity contribution < 1.29 is 4.74 Å². The number of hydrogen-bond acceptors (Lipinski definition) is 3. The molecule has 0 aliphatic heterocycles. The van der Waals surface area contributed by atoms with Crippen LogP contribution in [-0.2, 0) is 6.42 Å². The van der Waals surface area contributed by atoms with Crippen molar-refractivity contribution in [1.82, 2.24) is 19.3 Å². The van der Waals surface area contributed by atoms with Gasteiger partial charge in [0.05, 0.1) is 22.9 Å². The van der Waals surface area contributed by atoms with Gasteiger partial charge in [-0.05, 0) is 97.5 Å². The maximum atomic E-state index is 6.45. The number of pyridine rings is 1. The van der Waals surface area contributed by atoms with Crippen LogP contribution in [0.4, 0.5) is 0 Å². The van der Waals surface area contributed by atoms with Crippen LogP contribution >= 0.6 is 0 Å². The molecule has 7 rings (SSSR count). The number of ether oxygens (including phenoxy) is 1. The summed E-state index contributed by atoms with van der Waals surface area (Å²) in [6.45, 7) is 8.70. The summed E-state index contributed by atoms with van der Waals surface area (Å²) < 4.78 is 10.6. The third-order valence-electron chi connectivity index (χ3n) is 8.10. The van der Waals surface area contributed by atoms with Crippen LogP contribution in [0.3, 0.4) is 0 Å². The summed E-state index contributed by atoms with van der Waals surface area (Å²) in [7, 11) is 0. The fourth-order valence-corrected chi connectivity index (χ4v) is 6.26. The van der Waals surface area contributed by atoms with Gasteiger partial charge in [-0.3, -0.25) is 4.57 Å². The molecule has 212 valence electrons. The Morgan fingerprint density at radius 2 is 1.53 bits per heavy atom. The molecule has 3 heterocycles. The lowest BCUT2D eigenvalue weighted by Crippen LogP contribution is -1.97. The van der Waals surface area contributed by atoms with E-state index >= 15 is 0 Å². The molecule has 5 heteroatoms. The van der Waals surface area contributed by atoms with E-state index in [0.29, 0.717) is 0 Å². The molecule has 0 aliphatic rings. The van der Waals surface area contributed by atoms with Crippen molar-refractivity contribution in [1.29, 1.82) is 0 Å². The fourth-order valence-electron chi connectivity index (χ4n) is 6.26. The van der Waals surface area contributed by atoms with Gasteiger partial charge in [0.2, 0.25) is 0 Å². The van der Waals surface area contributed by atoms with E-state index in [9.17, 15) is 0 Å². The van der Waals surface area contributed by atoms with Gasteiger partial charge in [-0.1, -0.05) is 49.7 Å². The monoisotopic (exact) mass is 562 g/mol. The number of nitrogens with zero attached hydrogens (tertiary/aromatic N) is 4. The Balaban J connectivity index is 1.22.